The van der Waals surface area contributed by atoms with E-state index in [1.807, 2.05) is 20.8 Å². The minimum absolute atomic E-state index is 0.108. The first-order valence-electron chi connectivity index (χ1n) is 9.23. The first-order chi connectivity index (χ1) is 10.8. The van der Waals surface area contributed by atoms with Crippen LogP contribution in [0.4, 0.5) is 4.79 Å². The van der Waals surface area contributed by atoms with Gasteiger partial charge in [0.15, 0.2) is 0 Å². The maximum atomic E-state index is 11.9. The highest BCUT2D eigenvalue weighted by Crippen LogP contribution is 2.25. The maximum Gasteiger partial charge on any atom is 0.407 e. The molecular formula is C18H34N2O3. The number of hydrogen-bond acceptors (Lipinski definition) is 4. The largest absolute Gasteiger partial charge is 0.444 e. The summed E-state index contributed by atoms with van der Waals surface area (Å²) in [7, 11) is 0. The smallest absolute Gasteiger partial charge is 0.407 e. The van der Waals surface area contributed by atoms with Crippen LogP contribution in [0.5, 0.6) is 0 Å². The fourth-order valence-corrected chi connectivity index (χ4v) is 3.76. The first kappa shape index (κ1) is 18.5. The second kappa shape index (κ2) is 8.34. The number of carbonyl (C=O) groups is 1. The van der Waals surface area contributed by atoms with Crippen LogP contribution >= 0.6 is 0 Å². The number of rotatable bonds is 4. The Bertz CT molecular complexity index is 381. The highest BCUT2D eigenvalue weighted by Gasteiger charge is 2.26. The minimum atomic E-state index is -0.446. The SMILES string of the molecule is CC(C)(C)OC(=O)NC1CCCC(NCC2CCCC(O)C2)C1. The Morgan fingerprint density at radius 3 is 2.48 bits per heavy atom. The van der Waals surface area contributed by atoms with Crippen molar-refractivity contribution in [1.29, 1.82) is 0 Å². The monoisotopic (exact) mass is 326 g/mol. The molecule has 134 valence electrons. The lowest BCUT2D eigenvalue weighted by atomic mass is 9.86. The van der Waals surface area contributed by atoms with E-state index < -0.39 is 5.60 Å². The van der Waals surface area contributed by atoms with Crippen molar-refractivity contribution in [3.63, 3.8) is 0 Å². The molecule has 5 heteroatoms. The molecule has 0 aromatic rings. The van der Waals surface area contributed by atoms with E-state index in [9.17, 15) is 9.90 Å². The van der Waals surface area contributed by atoms with Crippen LogP contribution in [0.2, 0.25) is 0 Å². The van der Waals surface area contributed by atoms with Gasteiger partial charge in [0.25, 0.3) is 0 Å². The number of alkyl carbamates (subject to hydrolysis) is 1. The van der Waals surface area contributed by atoms with Gasteiger partial charge in [-0.15, -0.1) is 0 Å². The third-order valence-electron chi connectivity index (χ3n) is 4.85. The lowest BCUT2D eigenvalue weighted by molar-refractivity contribution is 0.0487. The molecule has 0 radical (unpaired) electrons. The van der Waals surface area contributed by atoms with E-state index in [0.717, 1.165) is 45.1 Å². The van der Waals surface area contributed by atoms with Crippen molar-refractivity contribution in [3.05, 3.63) is 0 Å². The normalized spacial score (nSPS) is 32.3. The predicted molar refractivity (Wildman–Crippen MR) is 91.4 cm³/mol. The van der Waals surface area contributed by atoms with E-state index >= 15 is 0 Å². The Morgan fingerprint density at radius 2 is 1.78 bits per heavy atom. The molecule has 2 fully saturated rings. The molecule has 0 bridgehead atoms. The molecule has 4 unspecified atom stereocenters. The molecule has 0 heterocycles. The number of hydrogen-bond donors (Lipinski definition) is 3. The molecule has 4 atom stereocenters. The highest BCUT2D eigenvalue weighted by molar-refractivity contribution is 5.68. The van der Waals surface area contributed by atoms with Crippen molar-refractivity contribution in [3.8, 4) is 0 Å². The van der Waals surface area contributed by atoms with Crippen molar-refractivity contribution in [1.82, 2.24) is 10.6 Å². The Kier molecular flexibility index (Phi) is 6.72. The number of nitrogens with one attached hydrogen (secondary N) is 2. The van der Waals surface area contributed by atoms with Gasteiger partial charge in [0, 0.05) is 12.1 Å². The minimum Gasteiger partial charge on any atom is -0.444 e. The molecule has 23 heavy (non-hydrogen) atoms. The number of aliphatic hydroxyl groups excluding tert-OH is 1. The van der Waals surface area contributed by atoms with Crippen LogP contribution in [0.25, 0.3) is 0 Å². The van der Waals surface area contributed by atoms with Crippen molar-refractivity contribution < 1.29 is 14.6 Å². The van der Waals surface area contributed by atoms with Crippen molar-refractivity contribution in [2.45, 2.75) is 95.9 Å². The van der Waals surface area contributed by atoms with Gasteiger partial charge < -0.3 is 20.5 Å². The van der Waals surface area contributed by atoms with Crippen molar-refractivity contribution in [2.24, 2.45) is 5.92 Å². The zero-order chi connectivity index (χ0) is 16.9. The van der Waals surface area contributed by atoms with Crippen LogP contribution in [0, 0.1) is 5.92 Å². The Labute approximate surface area is 140 Å². The van der Waals surface area contributed by atoms with E-state index in [-0.39, 0.29) is 18.2 Å². The summed E-state index contributed by atoms with van der Waals surface area (Å²) >= 11 is 0. The molecule has 0 aliphatic heterocycles. The maximum absolute atomic E-state index is 11.9. The third kappa shape index (κ3) is 7.08. The van der Waals surface area contributed by atoms with Gasteiger partial charge in [0.1, 0.15) is 5.60 Å². The molecule has 2 saturated carbocycles. The van der Waals surface area contributed by atoms with Gasteiger partial charge in [-0.1, -0.05) is 6.42 Å². The van der Waals surface area contributed by atoms with E-state index in [0.29, 0.717) is 12.0 Å². The highest BCUT2D eigenvalue weighted by atomic mass is 16.6. The fraction of sp³-hybridized carbons (Fsp3) is 0.944. The van der Waals surface area contributed by atoms with Gasteiger partial charge >= 0.3 is 6.09 Å². The van der Waals surface area contributed by atoms with Gasteiger partial charge in [-0.2, -0.15) is 0 Å². The van der Waals surface area contributed by atoms with E-state index in [1.54, 1.807) is 0 Å². The summed E-state index contributed by atoms with van der Waals surface area (Å²) in [6.07, 6.45) is 8.13. The lowest BCUT2D eigenvalue weighted by Crippen LogP contribution is -2.46. The third-order valence-corrected chi connectivity index (χ3v) is 4.85. The molecule has 5 nitrogen and oxygen atoms in total. The van der Waals surface area contributed by atoms with Crippen LogP contribution in [-0.4, -0.2) is 41.5 Å². The molecule has 0 saturated heterocycles. The first-order valence-corrected chi connectivity index (χ1v) is 9.23. The Balaban J connectivity index is 1.69. The molecule has 2 rings (SSSR count). The molecule has 2 aliphatic rings. The van der Waals surface area contributed by atoms with Crippen LogP contribution in [0.1, 0.15) is 72.1 Å². The average Bonchev–Trinajstić information content (AvgIpc) is 2.43. The second-order valence-electron chi connectivity index (χ2n) is 8.30. The summed E-state index contributed by atoms with van der Waals surface area (Å²) in [5, 5.41) is 16.4. The van der Waals surface area contributed by atoms with Crippen LogP contribution in [0.3, 0.4) is 0 Å². The van der Waals surface area contributed by atoms with Gasteiger partial charge in [-0.05, 0) is 78.2 Å². The van der Waals surface area contributed by atoms with Gasteiger partial charge in [0.2, 0.25) is 0 Å². The van der Waals surface area contributed by atoms with Crippen LogP contribution < -0.4 is 10.6 Å². The Hall–Kier alpha value is -0.810. The van der Waals surface area contributed by atoms with E-state index in [4.69, 9.17) is 4.74 Å². The molecular weight excluding hydrogens is 292 g/mol. The Morgan fingerprint density at radius 1 is 1.09 bits per heavy atom. The number of ether oxygens (including phenoxy) is 1. The zero-order valence-electron chi connectivity index (χ0n) is 14.9. The lowest BCUT2D eigenvalue weighted by Gasteiger charge is -2.33. The molecule has 1 amide bonds. The quantitative estimate of drug-likeness (QED) is 0.743. The summed E-state index contributed by atoms with van der Waals surface area (Å²) in [5.41, 5.74) is -0.446. The van der Waals surface area contributed by atoms with E-state index in [2.05, 4.69) is 10.6 Å². The van der Waals surface area contributed by atoms with Crippen LogP contribution in [0.15, 0.2) is 0 Å². The molecule has 2 aliphatic carbocycles. The molecule has 0 aromatic heterocycles. The topological polar surface area (TPSA) is 70.6 Å². The summed E-state index contributed by atoms with van der Waals surface area (Å²) in [5.74, 6) is 0.595. The van der Waals surface area contributed by atoms with Crippen molar-refractivity contribution >= 4 is 6.09 Å². The number of aliphatic hydroxyl groups is 1. The molecule has 0 spiro atoms. The average molecular weight is 326 g/mol. The van der Waals surface area contributed by atoms with Crippen LogP contribution in [-0.2, 0) is 4.74 Å². The van der Waals surface area contributed by atoms with Gasteiger partial charge in [0.05, 0.1) is 6.10 Å². The van der Waals surface area contributed by atoms with E-state index in [1.165, 1.54) is 12.8 Å². The summed E-state index contributed by atoms with van der Waals surface area (Å²) in [6.45, 7) is 6.64. The number of amides is 1. The second-order valence-corrected chi connectivity index (χ2v) is 8.30. The summed E-state index contributed by atoms with van der Waals surface area (Å²) < 4.78 is 5.34. The summed E-state index contributed by atoms with van der Waals surface area (Å²) in [6, 6.07) is 0.663. The molecule has 3 N–H and O–H groups in total. The zero-order valence-corrected chi connectivity index (χ0v) is 14.9. The van der Waals surface area contributed by atoms with Crippen molar-refractivity contribution in [2.75, 3.05) is 6.54 Å². The summed E-state index contributed by atoms with van der Waals surface area (Å²) in [4.78, 5) is 11.9. The number of carbonyl (C=O) groups excluding carboxylic acids is 1. The van der Waals surface area contributed by atoms with Gasteiger partial charge in [-0.3, -0.25) is 0 Å². The predicted octanol–water partition coefficient (Wildman–Crippen LogP) is 2.96. The van der Waals surface area contributed by atoms with Gasteiger partial charge in [-0.25, -0.2) is 4.79 Å². The molecule has 0 aromatic carbocycles. The standard InChI is InChI=1S/C18H34N2O3/c1-18(2,3)23-17(22)20-15-8-5-7-14(11-15)19-12-13-6-4-9-16(21)10-13/h13-16,19,21H,4-12H2,1-3H3,(H,20,22). The fourth-order valence-electron chi connectivity index (χ4n) is 3.76.